The van der Waals surface area contributed by atoms with Gasteiger partial charge in [0.25, 0.3) is 5.91 Å². The summed E-state index contributed by atoms with van der Waals surface area (Å²) in [5.41, 5.74) is 0.418. The van der Waals surface area contributed by atoms with Gasteiger partial charge in [0, 0.05) is 25.1 Å². The normalized spacial score (nSPS) is 15.0. The number of methoxy groups -OCH3 is 1. The standard InChI is InChI=1S/C17H22N2O5S/c1-24-13(17(22)23)10-18-16(21)12-6-2-3-7-14(12)25-11-15(20)19-8-4-5-9-19/h2-3,6-7,13H,4-5,8-11H2,1H3,(H,18,21)(H,22,23). The number of thioether (sulfide) groups is 1. The summed E-state index contributed by atoms with van der Waals surface area (Å²) in [5.74, 6) is -1.18. The molecule has 0 saturated carbocycles. The second-order valence-electron chi connectivity index (χ2n) is 5.65. The number of nitrogens with zero attached hydrogens (tertiary/aromatic N) is 1. The molecule has 0 aliphatic carbocycles. The van der Waals surface area contributed by atoms with Crippen molar-refractivity contribution in [3.05, 3.63) is 29.8 Å². The minimum atomic E-state index is -1.14. The van der Waals surface area contributed by atoms with E-state index in [9.17, 15) is 14.4 Å². The monoisotopic (exact) mass is 366 g/mol. The van der Waals surface area contributed by atoms with Crippen LogP contribution in [-0.2, 0) is 14.3 Å². The molecule has 0 spiro atoms. The lowest BCUT2D eigenvalue weighted by Gasteiger charge is -2.16. The molecule has 1 atom stereocenters. The Bertz CT molecular complexity index is 631. The summed E-state index contributed by atoms with van der Waals surface area (Å²) in [5, 5.41) is 11.5. The lowest BCUT2D eigenvalue weighted by Crippen LogP contribution is -2.38. The number of amides is 2. The Morgan fingerprint density at radius 3 is 2.60 bits per heavy atom. The average molecular weight is 366 g/mol. The number of likely N-dealkylation sites (tertiary alicyclic amines) is 1. The molecule has 2 rings (SSSR count). The van der Waals surface area contributed by atoms with Crippen LogP contribution in [0.2, 0.25) is 0 Å². The zero-order valence-corrected chi connectivity index (χ0v) is 14.9. The average Bonchev–Trinajstić information content (AvgIpc) is 3.14. The Morgan fingerprint density at radius 1 is 1.28 bits per heavy atom. The number of carbonyl (C=O) groups excluding carboxylic acids is 2. The number of carboxylic acid groups (broad SMARTS) is 1. The molecule has 1 unspecified atom stereocenters. The van der Waals surface area contributed by atoms with E-state index in [0.29, 0.717) is 10.5 Å². The second kappa shape index (κ2) is 9.43. The molecule has 0 bridgehead atoms. The molecule has 7 nitrogen and oxygen atoms in total. The van der Waals surface area contributed by atoms with E-state index in [1.165, 1.54) is 18.9 Å². The van der Waals surface area contributed by atoms with Crippen molar-refractivity contribution < 1.29 is 24.2 Å². The second-order valence-corrected chi connectivity index (χ2v) is 6.66. The van der Waals surface area contributed by atoms with Gasteiger partial charge in [-0.3, -0.25) is 9.59 Å². The fourth-order valence-electron chi connectivity index (χ4n) is 2.53. The fraction of sp³-hybridized carbons (Fsp3) is 0.471. The first-order chi connectivity index (χ1) is 12.0. The van der Waals surface area contributed by atoms with Gasteiger partial charge in [0.15, 0.2) is 6.10 Å². The molecule has 1 aliphatic heterocycles. The van der Waals surface area contributed by atoms with E-state index in [2.05, 4.69) is 5.32 Å². The van der Waals surface area contributed by atoms with E-state index in [0.717, 1.165) is 25.9 Å². The molecule has 2 N–H and O–H groups in total. The van der Waals surface area contributed by atoms with Gasteiger partial charge in [-0.2, -0.15) is 0 Å². The van der Waals surface area contributed by atoms with Gasteiger partial charge in [-0.15, -0.1) is 11.8 Å². The van der Waals surface area contributed by atoms with Gasteiger partial charge in [-0.05, 0) is 25.0 Å². The van der Waals surface area contributed by atoms with Gasteiger partial charge in [-0.25, -0.2) is 4.79 Å². The molecule has 1 heterocycles. The van der Waals surface area contributed by atoms with Crippen molar-refractivity contribution in [2.24, 2.45) is 0 Å². The number of carboxylic acids is 1. The predicted molar refractivity (Wildman–Crippen MR) is 93.7 cm³/mol. The molecule has 1 fully saturated rings. The Morgan fingerprint density at radius 2 is 1.96 bits per heavy atom. The molecular weight excluding hydrogens is 344 g/mol. The molecule has 1 saturated heterocycles. The third kappa shape index (κ3) is 5.47. The SMILES string of the molecule is COC(CNC(=O)c1ccccc1SCC(=O)N1CCCC1)C(=O)O. The highest BCUT2D eigenvalue weighted by Crippen LogP contribution is 2.23. The van der Waals surface area contributed by atoms with E-state index in [4.69, 9.17) is 9.84 Å². The maximum atomic E-state index is 12.3. The lowest BCUT2D eigenvalue weighted by molar-refractivity contribution is -0.148. The minimum Gasteiger partial charge on any atom is -0.479 e. The van der Waals surface area contributed by atoms with E-state index in [-0.39, 0.29) is 24.1 Å². The fourth-order valence-corrected chi connectivity index (χ4v) is 3.48. The summed E-state index contributed by atoms with van der Waals surface area (Å²) in [7, 11) is 1.28. The van der Waals surface area contributed by atoms with E-state index < -0.39 is 12.1 Å². The van der Waals surface area contributed by atoms with E-state index >= 15 is 0 Å². The lowest BCUT2D eigenvalue weighted by atomic mass is 10.2. The van der Waals surface area contributed by atoms with Crippen LogP contribution in [0, 0.1) is 0 Å². The summed E-state index contributed by atoms with van der Waals surface area (Å²) in [6.07, 6.45) is 0.986. The van der Waals surface area contributed by atoms with Crippen LogP contribution in [0.5, 0.6) is 0 Å². The Balaban J connectivity index is 1.95. The summed E-state index contributed by atoms with van der Waals surface area (Å²) in [6, 6.07) is 6.96. The van der Waals surface area contributed by atoms with Crippen LogP contribution < -0.4 is 5.32 Å². The molecule has 0 aromatic heterocycles. The van der Waals surface area contributed by atoms with Gasteiger partial charge < -0.3 is 20.1 Å². The highest BCUT2D eigenvalue weighted by Gasteiger charge is 2.21. The van der Waals surface area contributed by atoms with Gasteiger partial charge in [0.05, 0.1) is 17.9 Å². The zero-order valence-electron chi connectivity index (χ0n) is 14.1. The van der Waals surface area contributed by atoms with Crippen LogP contribution >= 0.6 is 11.8 Å². The third-order valence-corrected chi connectivity index (χ3v) is 5.01. The molecule has 1 aromatic carbocycles. The summed E-state index contributed by atoms with van der Waals surface area (Å²) < 4.78 is 4.79. The molecular formula is C17H22N2O5S. The van der Waals surface area contributed by atoms with E-state index in [1.807, 2.05) is 4.90 Å². The van der Waals surface area contributed by atoms with Crippen molar-refractivity contribution >= 4 is 29.5 Å². The molecule has 8 heteroatoms. The van der Waals surface area contributed by atoms with E-state index in [1.54, 1.807) is 24.3 Å². The van der Waals surface area contributed by atoms with Crippen molar-refractivity contribution in [3.63, 3.8) is 0 Å². The minimum absolute atomic E-state index is 0.0723. The van der Waals surface area contributed by atoms with Crippen LogP contribution in [0.15, 0.2) is 29.2 Å². The van der Waals surface area contributed by atoms with Gasteiger partial charge in [-0.1, -0.05) is 12.1 Å². The van der Waals surface area contributed by atoms with Gasteiger partial charge >= 0.3 is 5.97 Å². The highest BCUT2D eigenvalue weighted by molar-refractivity contribution is 8.00. The maximum absolute atomic E-state index is 12.3. The van der Waals surface area contributed by atoms with Crippen LogP contribution in [0.4, 0.5) is 0 Å². The first kappa shape index (κ1) is 19.3. The largest absolute Gasteiger partial charge is 0.479 e. The number of ether oxygens (including phenoxy) is 1. The van der Waals surface area contributed by atoms with Crippen molar-refractivity contribution in [3.8, 4) is 0 Å². The number of hydrogen-bond donors (Lipinski definition) is 2. The number of aliphatic carboxylic acids is 1. The molecule has 1 aliphatic rings. The Kier molecular flexibility index (Phi) is 7.27. The third-order valence-electron chi connectivity index (χ3n) is 3.95. The van der Waals surface area contributed by atoms with Crippen molar-refractivity contribution in [1.82, 2.24) is 10.2 Å². The van der Waals surface area contributed by atoms with Gasteiger partial charge in [0.1, 0.15) is 0 Å². The Labute approximate surface area is 150 Å². The number of nitrogens with one attached hydrogen (secondary N) is 1. The van der Waals surface area contributed by atoms with Crippen molar-refractivity contribution in [2.75, 3.05) is 32.5 Å². The highest BCUT2D eigenvalue weighted by atomic mass is 32.2. The predicted octanol–water partition coefficient (Wildman–Crippen LogP) is 1.23. The first-order valence-electron chi connectivity index (χ1n) is 8.06. The number of carbonyl (C=O) groups is 3. The smallest absolute Gasteiger partial charge is 0.334 e. The summed E-state index contributed by atoms with van der Waals surface area (Å²) in [6.45, 7) is 1.47. The first-order valence-corrected chi connectivity index (χ1v) is 9.05. The van der Waals surface area contributed by atoms with Crippen LogP contribution in [0.3, 0.4) is 0 Å². The van der Waals surface area contributed by atoms with Gasteiger partial charge in [0.2, 0.25) is 5.91 Å². The summed E-state index contributed by atoms with van der Waals surface area (Å²) >= 11 is 1.32. The maximum Gasteiger partial charge on any atom is 0.334 e. The van der Waals surface area contributed by atoms with Crippen molar-refractivity contribution in [2.45, 2.75) is 23.8 Å². The zero-order chi connectivity index (χ0) is 18.2. The van der Waals surface area contributed by atoms with Crippen LogP contribution in [-0.4, -0.2) is 66.4 Å². The quantitative estimate of drug-likeness (QED) is 0.672. The molecule has 1 aromatic rings. The van der Waals surface area contributed by atoms with Crippen LogP contribution in [0.25, 0.3) is 0 Å². The number of rotatable bonds is 8. The number of hydrogen-bond acceptors (Lipinski definition) is 5. The molecule has 25 heavy (non-hydrogen) atoms. The number of benzene rings is 1. The Hall–Kier alpha value is -2.06. The van der Waals surface area contributed by atoms with Crippen LogP contribution in [0.1, 0.15) is 23.2 Å². The van der Waals surface area contributed by atoms with Crippen molar-refractivity contribution in [1.29, 1.82) is 0 Å². The molecule has 0 radical (unpaired) electrons. The molecule has 2 amide bonds. The molecule has 136 valence electrons. The summed E-state index contributed by atoms with van der Waals surface area (Å²) in [4.78, 5) is 38.0. The topological polar surface area (TPSA) is 95.9 Å².